The molecule has 0 aliphatic carbocycles. The molecule has 4 heteroatoms. The summed E-state index contributed by atoms with van der Waals surface area (Å²) in [5.74, 6) is 1.69. The lowest BCUT2D eigenvalue weighted by atomic mass is 10.3. The summed E-state index contributed by atoms with van der Waals surface area (Å²) in [7, 11) is 0. The van der Waals surface area contributed by atoms with Crippen LogP contribution >= 0.6 is 0 Å². The molecule has 3 heterocycles. The second-order valence-electron chi connectivity index (χ2n) is 4.50. The van der Waals surface area contributed by atoms with Crippen molar-refractivity contribution in [3.8, 4) is 0 Å². The van der Waals surface area contributed by atoms with Gasteiger partial charge in [0, 0.05) is 30.0 Å². The van der Waals surface area contributed by atoms with Crippen LogP contribution in [0.4, 0.5) is 11.5 Å². The number of hydrogen-bond donors (Lipinski definition) is 0. The third kappa shape index (κ3) is 2.28. The van der Waals surface area contributed by atoms with Crippen molar-refractivity contribution in [1.82, 2.24) is 9.97 Å². The molecule has 0 N–H and O–H groups in total. The zero-order chi connectivity index (χ0) is 13.9. The van der Waals surface area contributed by atoms with E-state index in [1.807, 2.05) is 61.5 Å². The zero-order valence-corrected chi connectivity index (χ0v) is 11.4. The van der Waals surface area contributed by atoms with Crippen LogP contribution in [0.5, 0.6) is 0 Å². The minimum atomic E-state index is 0.804. The lowest BCUT2D eigenvalue weighted by Gasteiger charge is -2.18. The predicted octanol–water partition coefficient (Wildman–Crippen LogP) is 4.20. The monoisotopic (exact) mass is 265 g/mol. The topological polar surface area (TPSA) is 42.2 Å². The first kappa shape index (κ1) is 12.4. The van der Waals surface area contributed by atoms with Crippen molar-refractivity contribution in [2.75, 3.05) is 4.90 Å². The van der Waals surface area contributed by atoms with Gasteiger partial charge in [0.25, 0.3) is 0 Å². The van der Waals surface area contributed by atoms with E-state index in [1.165, 1.54) is 0 Å². The second kappa shape index (κ2) is 5.17. The molecular weight excluding hydrogens is 250 g/mol. The Kier molecular flexibility index (Phi) is 3.21. The van der Waals surface area contributed by atoms with Crippen molar-refractivity contribution in [2.45, 2.75) is 13.8 Å². The fraction of sp³-hybridized carbons (Fsp3) is 0.125. The average Bonchev–Trinajstić information content (AvgIpc) is 2.84. The van der Waals surface area contributed by atoms with Crippen molar-refractivity contribution in [2.24, 2.45) is 0 Å². The number of aromatic nitrogens is 2. The first-order chi connectivity index (χ1) is 9.78. The minimum Gasteiger partial charge on any atom is -0.461 e. The molecule has 3 aromatic heterocycles. The summed E-state index contributed by atoms with van der Waals surface area (Å²) >= 11 is 0. The highest BCUT2D eigenvalue weighted by Gasteiger charge is 2.10. The third-order valence-corrected chi connectivity index (χ3v) is 2.98. The molecule has 100 valence electrons. The summed E-state index contributed by atoms with van der Waals surface area (Å²) < 4.78 is 5.67. The van der Waals surface area contributed by atoms with Gasteiger partial charge in [-0.05, 0) is 32.0 Å². The molecular formula is C16H15N3O. The summed E-state index contributed by atoms with van der Waals surface area (Å²) in [5.41, 5.74) is 1.80. The number of nitrogens with zero attached hydrogens (tertiary/aromatic N) is 3. The number of hydrogen-bond acceptors (Lipinski definition) is 4. The fourth-order valence-electron chi connectivity index (χ4n) is 2.13. The molecule has 3 rings (SSSR count). The first-order valence-electron chi connectivity index (χ1n) is 6.46. The Morgan fingerprint density at radius 1 is 1.25 bits per heavy atom. The molecule has 20 heavy (non-hydrogen) atoms. The molecule has 0 unspecified atom stereocenters. The Bertz CT molecular complexity index is 747. The van der Waals surface area contributed by atoms with Gasteiger partial charge in [-0.2, -0.15) is 0 Å². The van der Waals surface area contributed by atoms with Crippen molar-refractivity contribution in [1.29, 1.82) is 0 Å². The lowest BCUT2D eigenvalue weighted by molar-refractivity contribution is 0.578. The van der Waals surface area contributed by atoms with Gasteiger partial charge in [-0.25, -0.2) is 4.98 Å². The predicted molar refractivity (Wildman–Crippen MR) is 79.9 cm³/mol. The molecule has 4 nitrogen and oxygen atoms in total. The van der Waals surface area contributed by atoms with Gasteiger partial charge in [0.2, 0.25) is 0 Å². The van der Waals surface area contributed by atoms with Gasteiger partial charge in [0.05, 0.1) is 11.9 Å². The van der Waals surface area contributed by atoms with Crippen molar-refractivity contribution in [3.63, 3.8) is 0 Å². The Balaban J connectivity index is 2.09. The highest BCUT2D eigenvalue weighted by molar-refractivity contribution is 5.81. The molecule has 0 saturated carbocycles. The molecule has 0 aliphatic rings. The average molecular weight is 265 g/mol. The van der Waals surface area contributed by atoms with Crippen LogP contribution in [0, 0.1) is 6.92 Å². The molecule has 0 aliphatic heterocycles. The second-order valence-corrected chi connectivity index (χ2v) is 4.50. The number of allylic oxidation sites excluding steroid dienone is 1. The summed E-state index contributed by atoms with van der Waals surface area (Å²) in [6.07, 6.45) is 9.31. The van der Waals surface area contributed by atoms with Gasteiger partial charge in [0.1, 0.15) is 17.2 Å². The highest BCUT2D eigenvalue weighted by Crippen LogP contribution is 2.27. The van der Waals surface area contributed by atoms with E-state index < -0.39 is 0 Å². The zero-order valence-electron chi connectivity index (χ0n) is 11.4. The summed E-state index contributed by atoms with van der Waals surface area (Å²) in [4.78, 5) is 10.6. The number of fused-ring (bicyclic) bond motifs is 1. The normalized spacial score (nSPS) is 11.3. The van der Waals surface area contributed by atoms with Crippen LogP contribution in [0.1, 0.15) is 12.7 Å². The summed E-state index contributed by atoms with van der Waals surface area (Å²) in [6, 6.07) is 7.82. The lowest BCUT2D eigenvalue weighted by Crippen LogP contribution is -2.09. The number of furan rings is 1. The largest absolute Gasteiger partial charge is 0.461 e. The summed E-state index contributed by atoms with van der Waals surface area (Å²) in [6.45, 7) is 3.91. The Hall–Kier alpha value is -2.62. The molecule has 0 bridgehead atoms. The van der Waals surface area contributed by atoms with Crippen LogP contribution < -0.4 is 4.90 Å². The van der Waals surface area contributed by atoms with Gasteiger partial charge in [-0.15, -0.1) is 0 Å². The molecule has 0 radical (unpaired) electrons. The molecule has 0 spiro atoms. The SMILES string of the molecule is C/C=C\N(c1cccnc1)c1cc2oc(C)cc2cn1. The van der Waals surface area contributed by atoms with E-state index in [1.54, 1.807) is 12.4 Å². The van der Waals surface area contributed by atoms with Gasteiger partial charge < -0.3 is 9.32 Å². The minimum absolute atomic E-state index is 0.804. The van der Waals surface area contributed by atoms with E-state index in [2.05, 4.69) is 9.97 Å². The van der Waals surface area contributed by atoms with Crippen LogP contribution in [-0.4, -0.2) is 9.97 Å². The molecule has 3 aromatic rings. The fourth-order valence-corrected chi connectivity index (χ4v) is 2.13. The van der Waals surface area contributed by atoms with E-state index in [0.717, 1.165) is 28.2 Å². The van der Waals surface area contributed by atoms with Crippen LogP contribution in [-0.2, 0) is 0 Å². The molecule has 0 atom stereocenters. The molecule has 0 amide bonds. The van der Waals surface area contributed by atoms with Gasteiger partial charge in [-0.1, -0.05) is 6.08 Å². The molecule has 0 fully saturated rings. The maximum absolute atomic E-state index is 5.67. The number of aryl methyl sites for hydroxylation is 1. The van der Waals surface area contributed by atoms with E-state index in [9.17, 15) is 0 Å². The molecule has 0 saturated heterocycles. The highest BCUT2D eigenvalue weighted by atomic mass is 16.3. The van der Waals surface area contributed by atoms with Crippen LogP contribution in [0.25, 0.3) is 11.0 Å². The van der Waals surface area contributed by atoms with Gasteiger partial charge in [0.15, 0.2) is 0 Å². The van der Waals surface area contributed by atoms with E-state index in [0.29, 0.717) is 0 Å². The molecule has 0 aromatic carbocycles. The Morgan fingerprint density at radius 2 is 2.15 bits per heavy atom. The van der Waals surface area contributed by atoms with Crippen LogP contribution in [0.2, 0.25) is 0 Å². The number of rotatable bonds is 3. The van der Waals surface area contributed by atoms with E-state index in [4.69, 9.17) is 4.42 Å². The van der Waals surface area contributed by atoms with Crippen molar-refractivity contribution < 1.29 is 4.42 Å². The quantitative estimate of drug-likeness (QED) is 0.711. The van der Waals surface area contributed by atoms with Crippen molar-refractivity contribution in [3.05, 3.63) is 60.9 Å². The standard InChI is InChI=1S/C16H15N3O/c1-3-7-19(14-5-4-6-17-11-14)16-9-15-13(10-18-16)8-12(2)20-15/h3-11H,1-2H3/b7-3-. The smallest absolute Gasteiger partial charge is 0.140 e. The van der Waals surface area contributed by atoms with E-state index >= 15 is 0 Å². The van der Waals surface area contributed by atoms with Crippen LogP contribution in [0.15, 0.2) is 59.5 Å². The third-order valence-electron chi connectivity index (χ3n) is 2.98. The number of pyridine rings is 2. The number of anilines is 2. The Labute approximate surface area is 117 Å². The van der Waals surface area contributed by atoms with Gasteiger partial charge in [-0.3, -0.25) is 4.98 Å². The van der Waals surface area contributed by atoms with Crippen molar-refractivity contribution >= 4 is 22.5 Å². The maximum atomic E-state index is 5.67. The Morgan fingerprint density at radius 3 is 2.90 bits per heavy atom. The summed E-state index contributed by atoms with van der Waals surface area (Å²) in [5, 5.41) is 1.01. The van der Waals surface area contributed by atoms with E-state index in [-0.39, 0.29) is 0 Å². The first-order valence-corrected chi connectivity index (χ1v) is 6.46. The van der Waals surface area contributed by atoms with Gasteiger partial charge >= 0.3 is 0 Å². The maximum Gasteiger partial charge on any atom is 0.140 e. The van der Waals surface area contributed by atoms with Crippen LogP contribution in [0.3, 0.4) is 0 Å².